The molecule has 4 heteroatoms. The molecule has 1 N–H and O–H groups in total. The van der Waals surface area contributed by atoms with Crippen molar-refractivity contribution in [2.75, 3.05) is 36.4 Å². The first kappa shape index (κ1) is 15.0. The number of nitrogens with one attached hydrogen (secondary N) is 1. The molecule has 23 heavy (non-hydrogen) atoms. The first-order chi connectivity index (χ1) is 11.2. The Balaban J connectivity index is 1.61. The fraction of sp³-hybridized carbons (Fsp3) is 0.632. The summed E-state index contributed by atoms with van der Waals surface area (Å²) in [4.78, 5) is 17.2. The van der Waals surface area contributed by atoms with Gasteiger partial charge in [-0.25, -0.2) is 0 Å². The Labute approximate surface area is 138 Å². The first-order valence-corrected chi connectivity index (χ1v) is 9.18. The number of rotatable bonds is 3. The standard InChI is InChI=1S/C19H27N3O/c1-14-19(23)22(11-10-21-8-4-5-9-21)18-13-16-7-3-2-6-15(16)12-17(18)20-14/h12-14,20H,2-11H2,1H3. The summed E-state index contributed by atoms with van der Waals surface area (Å²) >= 11 is 0. The van der Waals surface area contributed by atoms with Gasteiger partial charge < -0.3 is 15.1 Å². The molecule has 0 spiro atoms. The van der Waals surface area contributed by atoms with Gasteiger partial charge in [0, 0.05) is 13.1 Å². The molecule has 0 radical (unpaired) electrons. The maximum atomic E-state index is 12.7. The number of hydrogen-bond acceptors (Lipinski definition) is 3. The molecule has 2 heterocycles. The Morgan fingerprint density at radius 2 is 1.74 bits per heavy atom. The summed E-state index contributed by atoms with van der Waals surface area (Å²) in [5.41, 5.74) is 5.18. The van der Waals surface area contributed by atoms with E-state index < -0.39 is 0 Å². The van der Waals surface area contributed by atoms with E-state index in [9.17, 15) is 4.79 Å². The van der Waals surface area contributed by atoms with Crippen LogP contribution < -0.4 is 10.2 Å². The van der Waals surface area contributed by atoms with Crippen LogP contribution >= 0.6 is 0 Å². The number of fused-ring (bicyclic) bond motifs is 2. The number of carbonyl (C=O) groups is 1. The van der Waals surface area contributed by atoms with E-state index in [1.165, 1.54) is 56.3 Å². The van der Waals surface area contributed by atoms with Crippen LogP contribution in [-0.2, 0) is 17.6 Å². The minimum absolute atomic E-state index is 0.122. The van der Waals surface area contributed by atoms with Crippen molar-refractivity contribution in [1.29, 1.82) is 0 Å². The molecule has 2 aliphatic heterocycles. The van der Waals surface area contributed by atoms with Crippen LogP contribution in [0.25, 0.3) is 0 Å². The summed E-state index contributed by atoms with van der Waals surface area (Å²) in [6, 6.07) is 4.46. The molecule has 0 aromatic heterocycles. The summed E-state index contributed by atoms with van der Waals surface area (Å²) in [6.07, 6.45) is 7.51. The van der Waals surface area contributed by atoms with E-state index in [2.05, 4.69) is 22.3 Å². The van der Waals surface area contributed by atoms with Crippen molar-refractivity contribution in [3.05, 3.63) is 23.3 Å². The predicted octanol–water partition coefficient (Wildman–Crippen LogP) is 2.81. The molecular weight excluding hydrogens is 286 g/mol. The summed E-state index contributed by atoms with van der Waals surface area (Å²) < 4.78 is 0. The van der Waals surface area contributed by atoms with Crippen LogP contribution in [0.4, 0.5) is 11.4 Å². The van der Waals surface area contributed by atoms with Crippen molar-refractivity contribution in [2.45, 2.75) is 51.5 Å². The average Bonchev–Trinajstić information content (AvgIpc) is 3.07. The van der Waals surface area contributed by atoms with Gasteiger partial charge in [0.25, 0.3) is 0 Å². The number of benzene rings is 1. The monoisotopic (exact) mass is 313 g/mol. The molecule has 1 aliphatic carbocycles. The summed E-state index contributed by atoms with van der Waals surface area (Å²) in [5.74, 6) is 0.215. The maximum absolute atomic E-state index is 12.7. The van der Waals surface area contributed by atoms with Crippen LogP contribution in [-0.4, -0.2) is 43.0 Å². The molecule has 4 nitrogen and oxygen atoms in total. The zero-order valence-electron chi connectivity index (χ0n) is 14.1. The van der Waals surface area contributed by atoms with E-state index in [4.69, 9.17) is 0 Å². The highest BCUT2D eigenvalue weighted by molar-refractivity contribution is 6.05. The topological polar surface area (TPSA) is 35.6 Å². The van der Waals surface area contributed by atoms with Gasteiger partial charge in [-0.15, -0.1) is 0 Å². The van der Waals surface area contributed by atoms with Crippen LogP contribution in [0.3, 0.4) is 0 Å². The zero-order chi connectivity index (χ0) is 15.8. The number of amides is 1. The van der Waals surface area contributed by atoms with Crippen molar-refractivity contribution in [3.8, 4) is 0 Å². The van der Waals surface area contributed by atoms with Crippen molar-refractivity contribution >= 4 is 17.3 Å². The van der Waals surface area contributed by atoms with Gasteiger partial charge in [0.15, 0.2) is 0 Å². The highest BCUT2D eigenvalue weighted by Gasteiger charge is 2.31. The molecule has 0 saturated carbocycles. The Kier molecular flexibility index (Phi) is 4.02. The lowest BCUT2D eigenvalue weighted by molar-refractivity contribution is -0.119. The van der Waals surface area contributed by atoms with Gasteiger partial charge in [-0.05, 0) is 81.8 Å². The lowest BCUT2D eigenvalue weighted by Gasteiger charge is -2.36. The Bertz CT molecular complexity index is 607. The summed E-state index contributed by atoms with van der Waals surface area (Å²) in [5, 5.41) is 3.41. The molecule has 1 fully saturated rings. The van der Waals surface area contributed by atoms with Crippen molar-refractivity contribution < 1.29 is 4.79 Å². The maximum Gasteiger partial charge on any atom is 0.249 e. The first-order valence-electron chi connectivity index (χ1n) is 9.18. The highest BCUT2D eigenvalue weighted by atomic mass is 16.2. The molecular formula is C19H27N3O. The molecule has 3 aliphatic rings. The second-order valence-electron chi connectivity index (χ2n) is 7.25. The minimum atomic E-state index is -0.122. The normalized spacial score (nSPS) is 24.3. The molecule has 1 amide bonds. The number of carbonyl (C=O) groups excluding carboxylic acids is 1. The molecule has 1 atom stereocenters. The zero-order valence-corrected chi connectivity index (χ0v) is 14.1. The SMILES string of the molecule is CC1Nc2cc3c(cc2N(CCN2CCCC2)C1=O)CCCC3. The third kappa shape index (κ3) is 2.85. The number of likely N-dealkylation sites (tertiary alicyclic amines) is 1. The second-order valence-corrected chi connectivity index (χ2v) is 7.25. The van der Waals surface area contributed by atoms with Crippen LogP contribution in [0.15, 0.2) is 12.1 Å². The Hall–Kier alpha value is -1.55. The fourth-order valence-corrected chi connectivity index (χ4v) is 4.24. The van der Waals surface area contributed by atoms with Gasteiger partial charge in [-0.2, -0.15) is 0 Å². The average molecular weight is 313 g/mol. The van der Waals surface area contributed by atoms with E-state index in [1.807, 2.05) is 11.8 Å². The van der Waals surface area contributed by atoms with Gasteiger partial charge in [-0.3, -0.25) is 4.79 Å². The largest absolute Gasteiger partial charge is 0.372 e. The minimum Gasteiger partial charge on any atom is -0.372 e. The molecule has 124 valence electrons. The van der Waals surface area contributed by atoms with Crippen molar-refractivity contribution in [1.82, 2.24) is 4.90 Å². The molecule has 1 saturated heterocycles. The number of hydrogen-bond donors (Lipinski definition) is 1. The highest BCUT2D eigenvalue weighted by Crippen LogP contribution is 2.36. The molecule has 1 aromatic carbocycles. The van der Waals surface area contributed by atoms with E-state index in [0.717, 1.165) is 30.9 Å². The van der Waals surface area contributed by atoms with Crippen LogP contribution in [0.1, 0.15) is 43.7 Å². The molecule has 1 aromatic rings. The predicted molar refractivity (Wildman–Crippen MR) is 94.2 cm³/mol. The van der Waals surface area contributed by atoms with E-state index in [0.29, 0.717) is 0 Å². The van der Waals surface area contributed by atoms with Crippen molar-refractivity contribution in [3.63, 3.8) is 0 Å². The van der Waals surface area contributed by atoms with Gasteiger partial charge >= 0.3 is 0 Å². The lowest BCUT2D eigenvalue weighted by atomic mass is 9.90. The van der Waals surface area contributed by atoms with Crippen LogP contribution in [0.5, 0.6) is 0 Å². The van der Waals surface area contributed by atoms with Gasteiger partial charge in [0.1, 0.15) is 6.04 Å². The quantitative estimate of drug-likeness (QED) is 0.932. The molecule has 0 bridgehead atoms. The number of anilines is 2. The third-order valence-electron chi connectivity index (χ3n) is 5.60. The van der Waals surface area contributed by atoms with Gasteiger partial charge in [0.2, 0.25) is 5.91 Å². The number of aryl methyl sites for hydroxylation is 2. The second kappa shape index (κ2) is 6.16. The third-order valence-corrected chi connectivity index (χ3v) is 5.60. The van der Waals surface area contributed by atoms with Crippen molar-refractivity contribution in [2.24, 2.45) is 0 Å². The smallest absolute Gasteiger partial charge is 0.249 e. The molecule has 1 unspecified atom stereocenters. The number of nitrogens with zero attached hydrogens (tertiary/aromatic N) is 2. The van der Waals surface area contributed by atoms with E-state index in [-0.39, 0.29) is 11.9 Å². The van der Waals surface area contributed by atoms with Gasteiger partial charge in [0.05, 0.1) is 11.4 Å². The lowest BCUT2D eigenvalue weighted by Crippen LogP contribution is -2.48. The van der Waals surface area contributed by atoms with Crippen LogP contribution in [0, 0.1) is 0 Å². The summed E-state index contributed by atoms with van der Waals surface area (Å²) in [7, 11) is 0. The Morgan fingerprint density at radius 3 is 2.48 bits per heavy atom. The summed E-state index contributed by atoms with van der Waals surface area (Å²) in [6.45, 7) is 6.17. The fourth-order valence-electron chi connectivity index (χ4n) is 4.24. The van der Waals surface area contributed by atoms with Crippen LogP contribution in [0.2, 0.25) is 0 Å². The Morgan fingerprint density at radius 1 is 1.04 bits per heavy atom. The van der Waals surface area contributed by atoms with E-state index in [1.54, 1.807) is 0 Å². The van der Waals surface area contributed by atoms with E-state index >= 15 is 0 Å². The van der Waals surface area contributed by atoms with Gasteiger partial charge in [-0.1, -0.05) is 0 Å². The molecule has 4 rings (SSSR count).